The molecule has 0 radical (unpaired) electrons. The molecule has 2 rings (SSSR count). The maximum atomic E-state index is 5.79. The molecule has 1 aromatic rings. The molecule has 1 aromatic heterocycles. The van der Waals surface area contributed by atoms with Crippen LogP contribution in [0.15, 0.2) is 0 Å². The van der Waals surface area contributed by atoms with E-state index in [-0.39, 0.29) is 0 Å². The van der Waals surface area contributed by atoms with Gasteiger partial charge in [-0.15, -0.1) is 0 Å². The quantitative estimate of drug-likeness (QED) is 0.827. The zero-order valence-electron chi connectivity index (χ0n) is 13.3. The molecule has 114 valence electrons. The Hall–Kier alpha value is -1.07. The molecule has 1 N–H and O–H groups in total. The molecule has 1 unspecified atom stereocenters. The monoisotopic (exact) mass is 280 g/mol. The SMILES string of the molecule is CCNCc1c(C)nn(C)c1N(CC)CC1CCCO1. The number of hydrogen-bond acceptors (Lipinski definition) is 4. The van der Waals surface area contributed by atoms with Gasteiger partial charge in [0.25, 0.3) is 0 Å². The Morgan fingerprint density at radius 2 is 2.25 bits per heavy atom. The van der Waals surface area contributed by atoms with Crippen molar-refractivity contribution in [3.63, 3.8) is 0 Å². The van der Waals surface area contributed by atoms with Crippen molar-refractivity contribution in [2.24, 2.45) is 7.05 Å². The number of nitrogens with one attached hydrogen (secondary N) is 1. The summed E-state index contributed by atoms with van der Waals surface area (Å²) in [5.41, 5.74) is 2.43. The molecule has 0 bridgehead atoms. The van der Waals surface area contributed by atoms with E-state index in [0.29, 0.717) is 6.10 Å². The number of anilines is 1. The van der Waals surface area contributed by atoms with Gasteiger partial charge in [0.15, 0.2) is 0 Å². The molecule has 0 aromatic carbocycles. The Kier molecular flexibility index (Phi) is 5.43. The van der Waals surface area contributed by atoms with Gasteiger partial charge in [-0.3, -0.25) is 4.68 Å². The van der Waals surface area contributed by atoms with E-state index in [1.165, 1.54) is 24.2 Å². The minimum absolute atomic E-state index is 0.372. The van der Waals surface area contributed by atoms with Crippen molar-refractivity contribution in [3.05, 3.63) is 11.3 Å². The molecule has 1 aliphatic rings. The average molecular weight is 280 g/mol. The van der Waals surface area contributed by atoms with Crippen molar-refractivity contribution < 1.29 is 4.74 Å². The van der Waals surface area contributed by atoms with E-state index in [1.807, 2.05) is 11.7 Å². The zero-order chi connectivity index (χ0) is 14.5. The van der Waals surface area contributed by atoms with E-state index in [1.54, 1.807) is 0 Å². The summed E-state index contributed by atoms with van der Waals surface area (Å²) in [6, 6.07) is 0. The minimum Gasteiger partial charge on any atom is -0.376 e. The molecular formula is C15H28N4O. The van der Waals surface area contributed by atoms with Crippen molar-refractivity contribution in [3.8, 4) is 0 Å². The molecule has 0 spiro atoms. The van der Waals surface area contributed by atoms with E-state index in [0.717, 1.165) is 38.5 Å². The largest absolute Gasteiger partial charge is 0.376 e. The number of aromatic nitrogens is 2. The van der Waals surface area contributed by atoms with Crippen LogP contribution < -0.4 is 10.2 Å². The fourth-order valence-corrected chi connectivity index (χ4v) is 2.94. The van der Waals surface area contributed by atoms with E-state index in [9.17, 15) is 0 Å². The van der Waals surface area contributed by atoms with Crippen molar-refractivity contribution in [2.75, 3.05) is 31.1 Å². The summed E-state index contributed by atoms with van der Waals surface area (Å²) >= 11 is 0. The van der Waals surface area contributed by atoms with Crippen molar-refractivity contribution in [2.45, 2.75) is 46.3 Å². The highest BCUT2D eigenvalue weighted by Gasteiger charge is 2.23. The normalized spacial score (nSPS) is 18.7. The number of aryl methyl sites for hydroxylation is 2. The highest BCUT2D eigenvalue weighted by molar-refractivity contribution is 5.50. The third kappa shape index (κ3) is 3.33. The molecule has 5 heteroatoms. The lowest BCUT2D eigenvalue weighted by Gasteiger charge is -2.27. The number of ether oxygens (including phenoxy) is 1. The number of rotatable bonds is 7. The zero-order valence-corrected chi connectivity index (χ0v) is 13.3. The lowest BCUT2D eigenvalue weighted by molar-refractivity contribution is 0.115. The van der Waals surface area contributed by atoms with Gasteiger partial charge in [-0.05, 0) is 33.2 Å². The maximum Gasteiger partial charge on any atom is 0.131 e. The van der Waals surface area contributed by atoms with Gasteiger partial charge in [0.1, 0.15) is 5.82 Å². The van der Waals surface area contributed by atoms with Crippen LogP contribution in [-0.4, -0.2) is 42.1 Å². The van der Waals surface area contributed by atoms with E-state index in [4.69, 9.17) is 4.74 Å². The van der Waals surface area contributed by atoms with Crippen molar-refractivity contribution in [1.82, 2.24) is 15.1 Å². The van der Waals surface area contributed by atoms with Gasteiger partial charge >= 0.3 is 0 Å². The van der Waals surface area contributed by atoms with Crippen LogP contribution in [0.1, 0.15) is 37.9 Å². The molecule has 1 fully saturated rings. The van der Waals surface area contributed by atoms with Gasteiger partial charge in [-0.2, -0.15) is 5.10 Å². The van der Waals surface area contributed by atoms with Gasteiger partial charge < -0.3 is 15.0 Å². The maximum absolute atomic E-state index is 5.79. The number of hydrogen-bond donors (Lipinski definition) is 1. The van der Waals surface area contributed by atoms with Crippen LogP contribution in [-0.2, 0) is 18.3 Å². The van der Waals surface area contributed by atoms with Crippen LogP contribution in [0.4, 0.5) is 5.82 Å². The first-order chi connectivity index (χ1) is 9.67. The highest BCUT2D eigenvalue weighted by Crippen LogP contribution is 2.25. The number of likely N-dealkylation sites (N-methyl/N-ethyl adjacent to an activating group) is 1. The first kappa shape index (κ1) is 15.3. The van der Waals surface area contributed by atoms with E-state index < -0.39 is 0 Å². The second kappa shape index (κ2) is 7.09. The van der Waals surface area contributed by atoms with Crippen LogP contribution in [0.3, 0.4) is 0 Å². The predicted molar refractivity (Wildman–Crippen MR) is 82.2 cm³/mol. The van der Waals surface area contributed by atoms with Crippen molar-refractivity contribution >= 4 is 5.82 Å². The van der Waals surface area contributed by atoms with Gasteiger partial charge in [-0.1, -0.05) is 6.92 Å². The molecule has 0 saturated carbocycles. The summed E-state index contributed by atoms with van der Waals surface area (Å²) in [7, 11) is 2.04. The first-order valence-corrected chi connectivity index (χ1v) is 7.77. The number of nitrogens with zero attached hydrogens (tertiary/aromatic N) is 3. The molecular weight excluding hydrogens is 252 g/mol. The van der Waals surface area contributed by atoms with Crippen LogP contribution >= 0.6 is 0 Å². The van der Waals surface area contributed by atoms with Gasteiger partial charge in [-0.25, -0.2) is 0 Å². The van der Waals surface area contributed by atoms with Crippen LogP contribution in [0.25, 0.3) is 0 Å². The Labute approximate surface area is 122 Å². The summed E-state index contributed by atoms with van der Waals surface area (Å²) in [4.78, 5) is 2.41. The van der Waals surface area contributed by atoms with Gasteiger partial charge in [0.2, 0.25) is 0 Å². The summed E-state index contributed by atoms with van der Waals surface area (Å²) in [6.07, 6.45) is 2.74. The Bertz CT molecular complexity index is 424. The minimum atomic E-state index is 0.372. The molecule has 20 heavy (non-hydrogen) atoms. The van der Waals surface area contributed by atoms with Crippen LogP contribution in [0.5, 0.6) is 0 Å². The fourth-order valence-electron chi connectivity index (χ4n) is 2.94. The third-order valence-electron chi connectivity index (χ3n) is 3.99. The molecule has 1 atom stereocenters. The first-order valence-electron chi connectivity index (χ1n) is 7.77. The Balaban J connectivity index is 2.18. The lowest BCUT2D eigenvalue weighted by atomic mass is 10.2. The molecule has 5 nitrogen and oxygen atoms in total. The third-order valence-corrected chi connectivity index (χ3v) is 3.99. The van der Waals surface area contributed by atoms with E-state index in [2.05, 4.69) is 36.1 Å². The standard InChI is InChI=1S/C15H28N4O/c1-5-16-10-14-12(3)17-18(4)15(14)19(6-2)11-13-8-7-9-20-13/h13,16H,5-11H2,1-4H3. The van der Waals surface area contributed by atoms with Gasteiger partial charge in [0, 0.05) is 38.9 Å². The Morgan fingerprint density at radius 1 is 1.45 bits per heavy atom. The van der Waals surface area contributed by atoms with Crippen LogP contribution in [0, 0.1) is 6.92 Å². The van der Waals surface area contributed by atoms with Crippen molar-refractivity contribution in [1.29, 1.82) is 0 Å². The second-order valence-electron chi connectivity index (χ2n) is 5.47. The summed E-state index contributed by atoms with van der Waals surface area (Å²) < 4.78 is 7.80. The summed E-state index contributed by atoms with van der Waals surface area (Å²) in [5.74, 6) is 1.24. The molecule has 1 saturated heterocycles. The fraction of sp³-hybridized carbons (Fsp3) is 0.800. The molecule has 0 aliphatic carbocycles. The predicted octanol–water partition coefficient (Wildman–Crippen LogP) is 1.84. The van der Waals surface area contributed by atoms with Crippen LogP contribution in [0.2, 0.25) is 0 Å². The van der Waals surface area contributed by atoms with Gasteiger partial charge in [0.05, 0.1) is 11.8 Å². The summed E-state index contributed by atoms with van der Waals surface area (Å²) in [5, 5.41) is 8.02. The second-order valence-corrected chi connectivity index (χ2v) is 5.47. The average Bonchev–Trinajstić information content (AvgIpc) is 3.02. The molecule has 0 amide bonds. The Morgan fingerprint density at radius 3 is 2.85 bits per heavy atom. The highest BCUT2D eigenvalue weighted by atomic mass is 16.5. The smallest absolute Gasteiger partial charge is 0.131 e. The molecule has 2 heterocycles. The lowest BCUT2D eigenvalue weighted by Crippen LogP contribution is -2.34. The van der Waals surface area contributed by atoms with E-state index >= 15 is 0 Å². The summed E-state index contributed by atoms with van der Waals surface area (Å²) in [6.45, 7) is 11.2. The molecule has 1 aliphatic heterocycles. The topological polar surface area (TPSA) is 42.3 Å².